The molecule has 9 nitrogen and oxygen atoms in total. The number of pyridine rings is 1. The highest BCUT2D eigenvalue weighted by Gasteiger charge is 2.60. The zero-order valence-corrected chi connectivity index (χ0v) is 17.2. The standard InChI is InChI=1S/C21H26N4O5/c1-21(13-30-20(29)24-9-7-23(2)8-10-24)12-16-15(11-14-5-3-4-6-22-14)18(26)25(16)17(21)19(27)28/h3-6,11,16-17H,7-10,12-13H2,1-2H3,(H,27,28)/b15-11+/t16?,17-,21-/m0/s1. The van der Waals surface area contributed by atoms with Crippen LogP contribution in [-0.2, 0) is 14.3 Å². The van der Waals surface area contributed by atoms with Crippen molar-refractivity contribution in [2.45, 2.75) is 25.4 Å². The normalized spacial score (nSPS) is 30.2. The number of aromatic nitrogens is 1. The molecule has 3 fully saturated rings. The SMILES string of the molecule is C[NH+]1CCN(C(=O)OC[C@]2(C)CC3/C(=C\c4ccccn4)C(=O)N3[C@H]2C(=O)[O-])CC1. The molecule has 30 heavy (non-hydrogen) atoms. The Morgan fingerprint density at radius 1 is 1.37 bits per heavy atom. The molecular formula is C21H26N4O5. The minimum absolute atomic E-state index is 0.0825. The van der Waals surface area contributed by atoms with E-state index in [4.69, 9.17) is 4.74 Å². The van der Waals surface area contributed by atoms with Gasteiger partial charge in [-0.25, -0.2) is 4.79 Å². The molecule has 0 aliphatic carbocycles. The summed E-state index contributed by atoms with van der Waals surface area (Å²) in [6.45, 7) is 4.56. The third kappa shape index (κ3) is 3.54. The van der Waals surface area contributed by atoms with Crippen LogP contribution in [0, 0.1) is 5.41 Å². The van der Waals surface area contributed by atoms with Gasteiger partial charge in [0.2, 0.25) is 0 Å². The maximum atomic E-state index is 12.7. The van der Waals surface area contributed by atoms with Gasteiger partial charge in [0.15, 0.2) is 0 Å². The van der Waals surface area contributed by atoms with Gasteiger partial charge in [-0.2, -0.15) is 0 Å². The van der Waals surface area contributed by atoms with Crippen molar-refractivity contribution in [3.8, 4) is 0 Å². The van der Waals surface area contributed by atoms with Crippen LogP contribution in [0.3, 0.4) is 0 Å². The number of amides is 2. The Balaban J connectivity index is 1.48. The zero-order chi connectivity index (χ0) is 21.5. The monoisotopic (exact) mass is 414 g/mol. The first kappa shape index (κ1) is 20.3. The summed E-state index contributed by atoms with van der Waals surface area (Å²) < 4.78 is 5.51. The number of nitrogens with zero attached hydrogens (tertiary/aromatic N) is 3. The molecule has 1 N–H and O–H groups in total. The van der Waals surface area contributed by atoms with Crippen molar-refractivity contribution < 1.29 is 29.1 Å². The molecule has 9 heteroatoms. The average molecular weight is 414 g/mol. The lowest BCUT2D eigenvalue weighted by Crippen LogP contribution is -3.12. The summed E-state index contributed by atoms with van der Waals surface area (Å²) in [6, 6.07) is 3.90. The van der Waals surface area contributed by atoms with Gasteiger partial charge in [-0.1, -0.05) is 13.0 Å². The Hall–Kier alpha value is -2.94. The van der Waals surface area contributed by atoms with Crippen LogP contribution in [0.2, 0.25) is 0 Å². The summed E-state index contributed by atoms with van der Waals surface area (Å²) in [4.78, 5) is 45.6. The fraction of sp³-hybridized carbons (Fsp3) is 0.524. The lowest BCUT2D eigenvalue weighted by atomic mass is 9.81. The van der Waals surface area contributed by atoms with Gasteiger partial charge in [0, 0.05) is 17.2 Å². The zero-order valence-electron chi connectivity index (χ0n) is 17.2. The van der Waals surface area contributed by atoms with Gasteiger partial charge in [0.25, 0.3) is 5.91 Å². The van der Waals surface area contributed by atoms with Crippen molar-refractivity contribution in [2.75, 3.05) is 39.8 Å². The van der Waals surface area contributed by atoms with Crippen molar-refractivity contribution in [3.05, 3.63) is 35.7 Å². The lowest BCUT2D eigenvalue weighted by molar-refractivity contribution is -0.883. The first-order chi connectivity index (χ1) is 14.3. The van der Waals surface area contributed by atoms with Crippen molar-refractivity contribution in [3.63, 3.8) is 0 Å². The summed E-state index contributed by atoms with van der Waals surface area (Å²) in [7, 11) is 2.07. The Morgan fingerprint density at radius 3 is 2.73 bits per heavy atom. The van der Waals surface area contributed by atoms with Gasteiger partial charge in [-0.05, 0) is 24.6 Å². The molecule has 3 saturated heterocycles. The number of ether oxygens (including phenoxy) is 1. The van der Waals surface area contributed by atoms with Crippen LogP contribution in [0.1, 0.15) is 19.0 Å². The molecule has 3 atom stereocenters. The topological polar surface area (TPSA) is 107 Å². The number of carbonyl (C=O) groups excluding carboxylic acids is 3. The predicted octanol–water partition coefficient (Wildman–Crippen LogP) is -1.83. The largest absolute Gasteiger partial charge is 0.548 e. The Labute approximate surface area is 174 Å². The number of β-lactam (4-membered cyclic amide) rings is 1. The summed E-state index contributed by atoms with van der Waals surface area (Å²) >= 11 is 0. The van der Waals surface area contributed by atoms with Crippen molar-refractivity contribution in [1.29, 1.82) is 0 Å². The fourth-order valence-electron chi connectivity index (χ4n) is 4.61. The highest BCUT2D eigenvalue weighted by Crippen LogP contribution is 2.49. The molecule has 1 aromatic rings. The molecule has 0 saturated carbocycles. The molecule has 3 aliphatic heterocycles. The van der Waals surface area contributed by atoms with Gasteiger partial charge >= 0.3 is 6.09 Å². The third-order valence-corrected chi connectivity index (χ3v) is 6.39. The number of carbonyl (C=O) groups is 3. The third-order valence-electron chi connectivity index (χ3n) is 6.39. The molecule has 0 spiro atoms. The molecule has 4 heterocycles. The van der Waals surface area contributed by atoms with Crippen LogP contribution < -0.4 is 10.0 Å². The van der Waals surface area contributed by atoms with Crippen LogP contribution >= 0.6 is 0 Å². The quantitative estimate of drug-likeness (QED) is 0.459. The predicted molar refractivity (Wildman–Crippen MR) is 104 cm³/mol. The second-order valence-electron chi connectivity index (χ2n) is 8.66. The van der Waals surface area contributed by atoms with E-state index in [2.05, 4.69) is 12.0 Å². The van der Waals surface area contributed by atoms with Crippen molar-refractivity contribution in [1.82, 2.24) is 14.8 Å². The first-order valence-electron chi connectivity index (χ1n) is 10.2. The minimum atomic E-state index is -1.33. The van der Waals surface area contributed by atoms with E-state index >= 15 is 0 Å². The number of fused-ring (bicyclic) bond motifs is 1. The second-order valence-corrected chi connectivity index (χ2v) is 8.66. The molecule has 160 valence electrons. The number of carboxylic acids is 1. The maximum absolute atomic E-state index is 12.7. The fourth-order valence-corrected chi connectivity index (χ4v) is 4.61. The number of aliphatic carboxylic acids is 1. The van der Waals surface area contributed by atoms with E-state index in [1.54, 1.807) is 36.2 Å². The van der Waals surface area contributed by atoms with E-state index in [1.807, 2.05) is 6.07 Å². The summed E-state index contributed by atoms with van der Waals surface area (Å²) in [6.07, 6.45) is 3.27. The lowest BCUT2D eigenvalue weighted by Gasteiger charge is -2.42. The number of hydrogen-bond acceptors (Lipinski definition) is 6. The van der Waals surface area contributed by atoms with Crippen molar-refractivity contribution >= 4 is 24.0 Å². The van der Waals surface area contributed by atoms with Crippen LogP contribution in [-0.4, -0.2) is 84.7 Å². The van der Waals surface area contributed by atoms with Crippen molar-refractivity contribution in [2.24, 2.45) is 5.41 Å². The van der Waals surface area contributed by atoms with E-state index in [-0.39, 0.29) is 18.6 Å². The average Bonchev–Trinajstić information content (AvgIpc) is 3.02. The Morgan fingerprint density at radius 2 is 2.10 bits per heavy atom. The molecule has 0 radical (unpaired) electrons. The molecule has 3 aliphatic rings. The van der Waals surface area contributed by atoms with E-state index in [1.165, 1.54) is 9.80 Å². The molecule has 1 unspecified atom stereocenters. The Bertz CT molecular complexity index is 881. The van der Waals surface area contributed by atoms with Crippen LogP contribution in [0.5, 0.6) is 0 Å². The van der Waals surface area contributed by atoms with E-state index in [0.29, 0.717) is 30.8 Å². The van der Waals surface area contributed by atoms with Gasteiger partial charge in [-0.15, -0.1) is 0 Å². The molecule has 1 aromatic heterocycles. The number of nitrogens with one attached hydrogen (secondary N) is 1. The highest BCUT2D eigenvalue weighted by molar-refractivity contribution is 6.08. The van der Waals surface area contributed by atoms with Crippen LogP contribution in [0.4, 0.5) is 4.79 Å². The minimum Gasteiger partial charge on any atom is -0.548 e. The molecular weight excluding hydrogens is 388 g/mol. The summed E-state index contributed by atoms with van der Waals surface area (Å²) in [5.74, 6) is -1.67. The van der Waals surface area contributed by atoms with Gasteiger partial charge < -0.3 is 24.4 Å². The Kier molecular flexibility index (Phi) is 5.23. The van der Waals surface area contributed by atoms with E-state index in [9.17, 15) is 19.5 Å². The maximum Gasteiger partial charge on any atom is 0.410 e. The van der Waals surface area contributed by atoms with E-state index in [0.717, 1.165) is 13.1 Å². The van der Waals surface area contributed by atoms with Gasteiger partial charge in [0.05, 0.1) is 57.0 Å². The molecule has 0 bridgehead atoms. The molecule has 4 rings (SSSR count). The first-order valence-corrected chi connectivity index (χ1v) is 10.2. The van der Waals surface area contributed by atoms with Crippen LogP contribution in [0.25, 0.3) is 6.08 Å². The number of likely N-dealkylation sites (N-methyl/N-ethyl adjacent to an activating group) is 1. The number of piperazine rings is 1. The molecule has 2 amide bonds. The molecule has 0 aromatic carbocycles. The number of hydrogen-bond donors (Lipinski definition) is 1. The summed E-state index contributed by atoms with van der Waals surface area (Å²) in [5.41, 5.74) is 0.242. The number of carboxylic acid groups (broad SMARTS) is 1. The number of quaternary nitrogens is 1. The second kappa shape index (κ2) is 7.71. The highest BCUT2D eigenvalue weighted by atomic mass is 16.6. The summed E-state index contributed by atoms with van der Waals surface area (Å²) in [5, 5.41) is 11.9. The van der Waals surface area contributed by atoms with Gasteiger partial charge in [0.1, 0.15) is 6.61 Å². The van der Waals surface area contributed by atoms with E-state index < -0.39 is 23.5 Å². The smallest absolute Gasteiger partial charge is 0.410 e. The van der Waals surface area contributed by atoms with Gasteiger partial charge in [-0.3, -0.25) is 14.7 Å². The number of rotatable bonds is 4. The van der Waals surface area contributed by atoms with Crippen LogP contribution in [0.15, 0.2) is 30.0 Å².